The molecule has 3 rings (SSSR count). The van der Waals surface area contributed by atoms with Crippen LogP contribution in [0.3, 0.4) is 0 Å². The van der Waals surface area contributed by atoms with Crippen molar-refractivity contribution >= 4 is 6.29 Å². The molecule has 1 heterocycles. The summed E-state index contributed by atoms with van der Waals surface area (Å²) in [6.45, 7) is 4.72. The average molecular weight is 273 g/mol. The number of rotatable bonds is 4. The van der Waals surface area contributed by atoms with Gasteiger partial charge in [0.1, 0.15) is 6.29 Å². The van der Waals surface area contributed by atoms with Gasteiger partial charge in [-0.2, -0.15) is 0 Å². The van der Waals surface area contributed by atoms with Crippen molar-refractivity contribution in [1.29, 1.82) is 0 Å². The molecular weight excluding hydrogens is 250 g/mol. The molecule has 1 aromatic carbocycles. The van der Waals surface area contributed by atoms with Crippen LogP contribution in [0.2, 0.25) is 0 Å². The van der Waals surface area contributed by atoms with Crippen LogP contribution in [0.4, 0.5) is 0 Å². The Bertz CT molecular complexity index is 475. The molecule has 3 nitrogen and oxygen atoms in total. The molecule has 0 amide bonds. The van der Waals surface area contributed by atoms with Crippen molar-refractivity contribution < 1.29 is 9.90 Å². The van der Waals surface area contributed by atoms with Crippen LogP contribution in [0.1, 0.15) is 25.3 Å². The minimum absolute atomic E-state index is 0.135. The first-order valence-electron chi connectivity index (χ1n) is 7.55. The van der Waals surface area contributed by atoms with E-state index in [1.54, 1.807) is 0 Å². The van der Waals surface area contributed by atoms with Gasteiger partial charge in [0.15, 0.2) is 0 Å². The van der Waals surface area contributed by atoms with Gasteiger partial charge in [0.25, 0.3) is 0 Å². The number of carbonyl (C=O) groups excluding carboxylic acids is 1. The van der Waals surface area contributed by atoms with E-state index in [2.05, 4.69) is 4.90 Å². The van der Waals surface area contributed by atoms with Gasteiger partial charge >= 0.3 is 0 Å². The normalized spacial score (nSPS) is 32.8. The van der Waals surface area contributed by atoms with Crippen LogP contribution in [0.15, 0.2) is 30.3 Å². The average Bonchev–Trinajstić information content (AvgIpc) is 3.02. The number of fused-ring (bicyclic) bond motifs is 1. The van der Waals surface area contributed by atoms with Crippen molar-refractivity contribution in [3.8, 4) is 0 Å². The van der Waals surface area contributed by atoms with Gasteiger partial charge in [-0.05, 0) is 31.2 Å². The van der Waals surface area contributed by atoms with E-state index in [0.29, 0.717) is 11.8 Å². The van der Waals surface area contributed by atoms with Gasteiger partial charge in [-0.15, -0.1) is 0 Å². The second-order valence-electron chi connectivity index (χ2n) is 6.66. The zero-order chi connectivity index (χ0) is 14.2. The smallest absolute Gasteiger partial charge is 0.131 e. The van der Waals surface area contributed by atoms with E-state index in [-0.39, 0.29) is 6.10 Å². The molecule has 0 aromatic heterocycles. The van der Waals surface area contributed by atoms with Gasteiger partial charge in [-0.3, -0.25) is 0 Å². The van der Waals surface area contributed by atoms with Crippen molar-refractivity contribution in [1.82, 2.24) is 4.90 Å². The Morgan fingerprint density at radius 2 is 2.05 bits per heavy atom. The summed E-state index contributed by atoms with van der Waals surface area (Å²) in [5, 5.41) is 9.99. The Balaban J connectivity index is 1.72. The number of likely N-dealkylation sites (tertiary alicyclic amines) is 1. The third kappa shape index (κ3) is 2.40. The number of hydrogen-bond donors (Lipinski definition) is 1. The highest BCUT2D eigenvalue weighted by Crippen LogP contribution is 2.39. The number of carbonyl (C=O) groups is 1. The van der Waals surface area contributed by atoms with Crippen LogP contribution < -0.4 is 0 Å². The van der Waals surface area contributed by atoms with Gasteiger partial charge in [-0.25, -0.2) is 0 Å². The molecule has 0 spiro atoms. The van der Waals surface area contributed by atoms with E-state index in [4.69, 9.17) is 0 Å². The topological polar surface area (TPSA) is 40.5 Å². The van der Waals surface area contributed by atoms with Gasteiger partial charge in [0, 0.05) is 25.6 Å². The van der Waals surface area contributed by atoms with Crippen molar-refractivity contribution in [2.75, 3.05) is 19.6 Å². The number of benzene rings is 1. The first-order chi connectivity index (χ1) is 9.62. The van der Waals surface area contributed by atoms with Crippen molar-refractivity contribution in [2.24, 2.45) is 11.8 Å². The van der Waals surface area contributed by atoms with E-state index < -0.39 is 5.41 Å². The Morgan fingerprint density at radius 1 is 1.30 bits per heavy atom. The molecule has 108 valence electrons. The predicted octanol–water partition coefficient (Wildman–Crippen LogP) is 1.85. The van der Waals surface area contributed by atoms with Crippen molar-refractivity contribution in [3.05, 3.63) is 35.9 Å². The molecule has 0 bridgehead atoms. The van der Waals surface area contributed by atoms with Gasteiger partial charge in [-0.1, -0.05) is 30.3 Å². The predicted molar refractivity (Wildman–Crippen MR) is 78.5 cm³/mol. The monoisotopic (exact) mass is 273 g/mol. The maximum atomic E-state index is 11.6. The Kier molecular flexibility index (Phi) is 3.65. The third-order valence-electron chi connectivity index (χ3n) is 5.14. The summed E-state index contributed by atoms with van der Waals surface area (Å²) in [5.74, 6) is 1.04. The Hall–Kier alpha value is -1.19. The number of aliphatic hydroxyl groups excluding tert-OH is 1. The van der Waals surface area contributed by atoms with E-state index in [1.807, 2.05) is 37.3 Å². The van der Waals surface area contributed by atoms with Crippen molar-refractivity contribution in [3.63, 3.8) is 0 Å². The molecule has 1 aliphatic carbocycles. The van der Waals surface area contributed by atoms with Crippen LogP contribution in [0.5, 0.6) is 0 Å². The fourth-order valence-corrected chi connectivity index (χ4v) is 3.94. The van der Waals surface area contributed by atoms with Crippen LogP contribution in [-0.4, -0.2) is 42.0 Å². The lowest BCUT2D eigenvalue weighted by atomic mass is 9.83. The quantitative estimate of drug-likeness (QED) is 0.851. The fraction of sp³-hybridized carbons (Fsp3) is 0.588. The minimum Gasteiger partial charge on any atom is -0.393 e. The first kappa shape index (κ1) is 13.8. The van der Waals surface area contributed by atoms with E-state index in [1.165, 1.54) is 0 Å². The molecule has 1 saturated carbocycles. The molecule has 20 heavy (non-hydrogen) atoms. The Morgan fingerprint density at radius 3 is 2.70 bits per heavy atom. The van der Waals surface area contributed by atoms with Gasteiger partial charge in [0.2, 0.25) is 0 Å². The molecule has 1 saturated heterocycles. The molecule has 1 aromatic rings. The zero-order valence-corrected chi connectivity index (χ0v) is 12.0. The van der Waals surface area contributed by atoms with Crippen LogP contribution in [0.25, 0.3) is 0 Å². The summed E-state index contributed by atoms with van der Waals surface area (Å²) < 4.78 is 0. The molecule has 2 aliphatic rings. The van der Waals surface area contributed by atoms with Crippen molar-refractivity contribution in [2.45, 2.75) is 31.3 Å². The molecular formula is C17H23NO2. The van der Waals surface area contributed by atoms with Gasteiger partial charge in [0.05, 0.1) is 11.5 Å². The maximum absolute atomic E-state index is 11.6. The van der Waals surface area contributed by atoms with Crippen LogP contribution >= 0.6 is 0 Å². The molecule has 4 unspecified atom stereocenters. The zero-order valence-electron chi connectivity index (χ0n) is 12.0. The number of hydrogen-bond acceptors (Lipinski definition) is 3. The lowest BCUT2D eigenvalue weighted by Crippen LogP contribution is -2.40. The summed E-state index contributed by atoms with van der Waals surface area (Å²) in [5.41, 5.74) is 0.623. The fourth-order valence-electron chi connectivity index (χ4n) is 3.94. The summed E-state index contributed by atoms with van der Waals surface area (Å²) in [4.78, 5) is 14.0. The largest absolute Gasteiger partial charge is 0.393 e. The van der Waals surface area contributed by atoms with Crippen LogP contribution in [-0.2, 0) is 10.2 Å². The summed E-state index contributed by atoms with van der Waals surface area (Å²) >= 11 is 0. The lowest BCUT2D eigenvalue weighted by Gasteiger charge is -2.30. The second-order valence-corrected chi connectivity index (χ2v) is 6.66. The highest BCUT2D eigenvalue weighted by molar-refractivity contribution is 5.68. The SMILES string of the molecule is CC(C=O)(CN1CC2CCC(O)C2C1)c1ccccc1. The molecule has 0 radical (unpaired) electrons. The van der Waals surface area contributed by atoms with E-state index >= 15 is 0 Å². The summed E-state index contributed by atoms with van der Waals surface area (Å²) in [7, 11) is 0. The minimum atomic E-state index is -0.454. The number of aldehydes is 1. The number of aliphatic hydroxyl groups is 1. The van der Waals surface area contributed by atoms with Gasteiger partial charge < -0.3 is 14.8 Å². The van der Waals surface area contributed by atoms with E-state index in [0.717, 1.165) is 44.3 Å². The summed E-state index contributed by atoms with van der Waals surface area (Å²) in [6, 6.07) is 10.0. The highest BCUT2D eigenvalue weighted by Gasteiger charge is 2.43. The first-order valence-corrected chi connectivity index (χ1v) is 7.55. The second kappa shape index (κ2) is 5.30. The standard InChI is InChI=1S/C17H23NO2/c1-17(12-19,14-5-3-2-4-6-14)11-18-9-13-7-8-16(20)15(13)10-18/h2-6,12-13,15-16,20H,7-11H2,1H3. The molecule has 1 N–H and O–H groups in total. The highest BCUT2D eigenvalue weighted by atomic mass is 16.3. The number of nitrogens with zero attached hydrogens (tertiary/aromatic N) is 1. The molecule has 4 atom stereocenters. The lowest BCUT2D eigenvalue weighted by molar-refractivity contribution is -0.112. The molecule has 3 heteroatoms. The maximum Gasteiger partial charge on any atom is 0.131 e. The molecule has 1 aliphatic heterocycles. The van der Waals surface area contributed by atoms with Crippen LogP contribution in [0, 0.1) is 11.8 Å². The van der Waals surface area contributed by atoms with E-state index in [9.17, 15) is 9.90 Å². The Labute approximate surface area is 120 Å². The molecule has 2 fully saturated rings. The summed E-state index contributed by atoms with van der Waals surface area (Å²) in [6.07, 6.45) is 3.02. The third-order valence-corrected chi connectivity index (χ3v) is 5.14.